The van der Waals surface area contributed by atoms with Crippen LogP contribution in [0.5, 0.6) is 11.5 Å². The van der Waals surface area contributed by atoms with E-state index in [-0.39, 0.29) is 11.7 Å². The van der Waals surface area contributed by atoms with E-state index in [0.717, 1.165) is 11.1 Å². The van der Waals surface area contributed by atoms with Crippen molar-refractivity contribution in [3.05, 3.63) is 64.4 Å². The Kier molecular flexibility index (Phi) is 7.04. The molecule has 0 fully saturated rings. The molecule has 138 valence electrons. The molecule has 0 aliphatic rings. The Labute approximate surface area is 157 Å². The molecule has 1 amide bonds. The number of hydrogen-bond acceptors (Lipinski definition) is 3. The molecular formula is C20H21ClFNO3. The lowest BCUT2D eigenvalue weighted by Crippen LogP contribution is -2.24. The third-order valence-electron chi connectivity index (χ3n) is 3.66. The van der Waals surface area contributed by atoms with Crippen molar-refractivity contribution in [3.63, 3.8) is 0 Å². The zero-order chi connectivity index (χ0) is 19.1. The van der Waals surface area contributed by atoms with Crippen LogP contribution in [0.15, 0.2) is 42.5 Å². The van der Waals surface area contributed by atoms with Gasteiger partial charge in [0.2, 0.25) is 5.91 Å². The molecule has 2 aromatic carbocycles. The first kappa shape index (κ1) is 19.8. The van der Waals surface area contributed by atoms with Crippen molar-refractivity contribution in [3.8, 4) is 11.5 Å². The number of carbonyl (C=O) groups is 1. The molecule has 4 nitrogen and oxygen atoms in total. The van der Waals surface area contributed by atoms with Crippen molar-refractivity contribution < 1.29 is 18.7 Å². The van der Waals surface area contributed by atoms with Crippen molar-refractivity contribution in [2.24, 2.45) is 0 Å². The van der Waals surface area contributed by atoms with E-state index >= 15 is 0 Å². The summed E-state index contributed by atoms with van der Waals surface area (Å²) in [5, 5.41) is 0.408. The van der Waals surface area contributed by atoms with Gasteiger partial charge in [-0.2, -0.15) is 0 Å². The standard InChI is InChI=1S/C20H21ClFNO3/c1-4-26-18-12-15(11-17(21)20(18)25-3)7-10-19(24)23(2)13-14-5-8-16(22)9-6-14/h5-12H,4,13H2,1-3H3/b10-7+. The van der Waals surface area contributed by atoms with E-state index in [2.05, 4.69) is 0 Å². The molecule has 0 saturated heterocycles. The van der Waals surface area contributed by atoms with Gasteiger partial charge in [-0.15, -0.1) is 0 Å². The first-order valence-corrected chi connectivity index (χ1v) is 8.50. The number of halogens is 2. The highest BCUT2D eigenvalue weighted by molar-refractivity contribution is 6.32. The Morgan fingerprint density at radius 2 is 1.96 bits per heavy atom. The SMILES string of the molecule is CCOc1cc(/C=C/C(=O)N(C)Cc2ccc(F)cc2)cc(Cl)c1OC. The van der Waals surface area contributed by atoms with Crippen LogP contribution in [-0.4, -0.2) is 31.6 Å². The zero-order valence-corrected chi connectivity index (χ0v) is 15.7. The van der Waals surface area contributed by atoms with Gasteiger partial charge >= 0.3 is 0 Å². The summed E-state index contributed by atoms with van der Waals surface area (Å²) in [6.07, 6.45) is 3.12. The highest BCUT2D eigenvalue weighted by atomic mass is 35.5. The second-order valence-corrected chi connectivity index (χ2v) is 6.03. The lowest BCUT2D eigenvalue weighted by molar-refractivity contribution is -0.125. The molecular weight excluding hydrogens is 357 g/mol. The van der Waals surface area contributed by atoms with Crippen molar-refractivity contribution >= 4 is 23.6 Å². The highest BCUT2D eigenvalue weighted by Crippen LogP contribution is 2.36. The summed E-state index contributed by atoms with van der Waals surface area (Å²) in [6, 6.07) is 9.52. The van der Waals surface area contributed by atoms with E-state index in [1.54, 1.807) is 42.3 Å². The molecule has 0 aliphatic carbocycles. The minimum Gasteiger partial charge on any atom is -0.491 e. The van der Waals surface area contributed by atoms with Gasteiger partial charge in [0.25, 0.3) is 0 Å². The van der Waals surface area contributed by atoms with Gasteiger partial charge in [0.15, 0.2) is 11.5 Å². The van der Waals surface area contributed by atoms with Crippen LogP contribution in [-0.2, 0) is 11.3 Å². The van der Waals surface area contributed by atoms with Crippen LogP contribution in [0.3, 0.4) is 0 Å². The third kappa shape index (κ3) is 5.23. The minimum absolute atomic E-state index is 0.181. The number of nitrogens with zero attached hydrogens (tertiary/aromatic N) is 1. The van der Waals surface area contributed by atoms with Gasteiger partial charge < -0.3 is 14.4 Å². The Morgan fingerprint density at radius 1 is 1.27 bits per heavy atom. The lowest BCUT2D eigenvalue weighted by atomic mass is 10.1. The normalized spacial score (nSPS) is 10.8. The fraction of sp³-hybridized carbons (Fsp3) is 0.250. The molecule has 26 heavy (non-hydrogen) atoms. The van der Waals surface area contributed by atoms with Gasteiger partial charge in [-0.3, -0.25) is 4.79 Å². The molecule has 0 atom stereocenters. The van der Waals surface area contributed by atoms with Crippen LogP contribution in [0, 0.1) is 5.82 Å². The smallest absolute Gasteiger partial charge is 0.246 e. The molecule has 0 N–H and O–H groups in total. The molecule has 6 heteroatoms. The molecule has 0 heterocycles. The summed E-state index contributed by atoms with van der Waals surface area (Å²) < 4.78 is 23.7. The van der Waals surface area contributed by atoms with E-state index < -0.39 is 0 Å². The fourth-order valence-electron chi connectivity index (χ4n) is 2.38. The molecule has 0 aromatic heterocycles. The van der Waals surface area contributed by atoms with Crippen LogP contribution in [0.25, 0.3) is 6.08 Å². The molecule has 0 radical (unpaired) electrons. The van der Waals surface area contributed by atoms with Gasteiger partial charge in [0.1, 0.15) is 5.82 Å². The zero-order valence-electron chi connectivity index (χ0n) is 15.0. The molecule has 0 bridgehead atoms. The number of methoxy groups -OCH3 is 1. The predicted octanol–water partition coefficient (Wildman–Crippen LogP) is 4.56. The van der Waals surface area contributed by atoms with Crippen LogP contribution in [0.1, 0.15) is 18.1 Å². The first-order chi connectivity index (χ1) is 12.4. The number of hydrogen-bond donors (Lipinski definition) is 0. The van der Waals surface area contributed by atoms with Gasteiger partial charge in [0, 0.05) is 19.7 Å². The number of rotatable bonds is 7. The maximum atomic E-state index is 12.9. The average Bonchev–Trinajstić information content (AvgIpc) is 2.61. The second-order valence-electron chi connectivity index (χ2n) is 5.62. The molecule has 0 aliphatic heterocycles. The Morgan fingerprint density at radius 3 is 2.58 bits per heavy atom. The van der Waals surface area contributed by atoms with Crippen molar-refractivity contribution in [2.75, 3.05) is 20.8 Å². The second kappa shape index (κ2) is 9.25. The van der Waals surface area contributed by atoms with E-state index in [9.17, 15) is 9.18 Å². The molecule has 0 saturated carbocycles. The van der Waals surface area contributed by atoms with Gasteiger partial charge in [-0.25, -0.2) is 4.39 Å². The quantitative estimate of drug-likeness (QED) is 0.664. The number of benzene rings is 2. The van der Waals surface area contributed by atoms with Crippen LogP contribution in [0.2, 0.25) is 5.02 Å². The maximum Gasteiger partial charge on any atom is 0.246 e. The molecule has 2 rings (SSSR count). The van der Waals surface area contributed by atoms with Crippen LogP contribution < -0.4 is 9.47 Å². The Bertz CT molecular complexity index is 790. The number of carbonyl (C=O) groups excluding carboxylic acids is 1. The molecule has 0 spiro atoms. The van der Waals surface area contributed by atoms with Gasteiger partial charge in [-0.1, -0.05) is 23.7 Å². The third-order valence-corrected chi connectivity index (χ3v) is 3.94. The lowest BCUT2D eigenvalue weighted by Gasteiger charge is -2.15. The summed E-state index contributed by atoms with van der Waals surface area (Å²) in [5.41, 5.74) is 1.57. The van der Waals surface area contributed by atoms with Crippen LogP contribution >= 0.6 is 11.6 Å². The number of ether oxygens (including phenoxy) is 2. The number of likely N-dealkylation sites (N-methyl/N-ethyl adjacent to an activating group) is 1. The summed E-state index contributed by atoms with van der Waals surface area (Å²) in [7, 11) is 3.20. The summed E-state index contributed by atoms with van der Waals surface area (Å²) in [6.45, 7) is 2.72. The van der Waals surface area contributed by atoms with E-state index in [4.69, 9.17) is 21.1 Å². The highest BCUT2D eigenvalue weighted by Gasteiger charge is 2.11. The summed E-state index contributed by atoms with van der Waals surface area (Å²) in [4.78, 5) is 13.8. The first-order valence-electron chi connectivity index (χ1n) is 8.12. The average molecular weight is 378 g/mol. The number of amides is 1. The van der Waals surface area contributed by atoms with Crippen molar-refractivity contribution in [1.82, 2.24) is 4.90 Å². The Balaban J connectivity index is 2.10. The van der Waals surface area contributed by atoms with Crippen LogP contribution in [0.4, 0.5) is 4.39 Å². The monoisotopic (exact) mass is 377 g/mol. The van der Waals surface area contributed by atoms with Gasteiger partial charge in [-0.05, 0) is 48.4 Å². The van der Waals surface area contributed by atoms with Crippen molar-refractivity contribution in [2.45, 2.75) is 13.5 Å². The van der Waals surface area contributed by atoms with Crippen molar-refractivity contribution in [1.29, 1.82) is 0 Å². The Hall–Kier alpha value is -2.53. The van der Waals surface area contributed by atoms with E-state index in [1.165, 1.54) is 25.3 Å². The minimum atomic E-state index is -0.302. The topological polar surface area (TPSA) is 38.8 Å². The predicted molar refractivity (Wildman–Crippen MR) is 101 cm³/mol. The van der Waals surface area contributed by atoms with E-state index in [1.807, 2.05) is 6.92 Å². The largest absolute Gasteiger partial charge is 0.491 e. The summed E-state index contributed by atoms with van der Waals surface area (Å²) >= 11 is 6.20. The maximum absolute atomic E-state index is 12.9. The summed E-state index contributed by atoms with van der Waals surface area (Å²) in [5.74, 6) is 0.503. The fourth-order valence-corrected chi connectivity index (χ4v) is 2.68. The molecule has 2 aromatic rings. The van der Waals surface area contributed by atoms with E-state index in [0.29, 0.717) is 29.7 Å². The van der Waals surface area contributed by atoms with Gasteiger partial charge in [0.05, 0.1) is 18.7 Å². The molecule has 0 unspecified atom stereocenters.